The first-order valence-corrected chi connectivity index (χ1v) is 6.60. The first-order valence-electron chi connectivity index (χ1n) is 6.60. The Balaban J connectivity index is 2.89. The van der Waals surface area contributed by atoms with Gasteiger partial charge in [-0.25, -0.2) is 4.79 Å². The number of carbonyl (C=O) groups excluding carboxylic acids is 1. The Morgan fingerprint density at radius 1 is 1.40 bits per heavy atom. The van der Waals surface area contributed by atoms with E-state index in [-0.39, 0.29) is 6.04 Å². The Morgan fingerprint density at radius 2 is 2.05 bits per heavy atom. The van der Waals surface area contributed by atoms with Crippen molar-refractivity contribution in [3.63, 3.8) is 0 Å². The fourth-order valence-electron chi connectivity index (χ4n) is 1.83. The molecule has 4 nitrogen and oxygen atoms in total. The minimum absolute atomic E-state index is 0.224. The third kappa shape index (κ3) is 4.96. The second-order valence-corrected chi connectivity index (χ2v) is 5.47. The van der Waals surface area contributed by atoms with E-state index < -0.39 is 11.7 Å². The van der Waals surface area contributed by atoms with Crippen LogP contribution >= 0.6 is 0 Å². The fourth-order valence-corrected chi connectivity index (χ4v) is 1.83. The van der Waals surface area contributed by atoms with Crippen molar-refractivity contribution < 1.29 is 14.3 Å². The molecule has 0 aliphatic rings. The second kappa shape index (κ2) is 6.98. The standard InChI is InChI=1S/C16H23NO3/c1-6-9-13(17-15(18)20-16(2,3)4)12-10-7-8-11-14(12)19-5/h6-8,10-11,13H,1,9H2,2-5H3,(H,17,18). The maximum atomic E-state index is 11.9. The van der Waals surface area contributed by atoms with Gasteiger partial charge in [0, 0.05) is 5.56 Å². The molecule has 0 saturated heterocycles. The van der Waals surface area contributed by atoms with Crippen LogP contribution < -0.4 is 10.1 Å². The van der Waals surface area contributed by atoms with Crippen LogP contribution in [0.15, 0.2) is 36.9 Å². The third-order valence-corrected chi connectivity index (χ3v) is 2.61. The van der Waals surface area contributed by atoms with Gasteiger partial charge in [-0.15, -0.1) is 6.58 Å². The predicted octanol–water partition coefficient (Wildman–Crippen LogP) is 3.84. The number of benzene rings is 1. The monoisotopic (exact) mass is 277 g/mol. The molecular weight excluding hydrogens is 254 g/mol. The summed E-state index contributed by atoms with van der Waals surface area (Å²) < 4.78 is 10.6. The molecule has 0 heterocycles. The first-order chi connectivity index (χ1) is 9.37. The van der Waals surface area contributed by atoms with Gasteiger partial charge in [0.2, 0.25) is 0 Å². The van der Waals surface area contributed by atoms with Crippen molar-refractivity contribution in [3.8, 4) is 5.75 Å². The van der Waals surface area contributed by atoms with Crippen molar-refractivity contribution in [2.24, 2.45) is 0 Å². The summed E-state index contributed by atoms with van der Waals surface area (Å²) >= 11 is 0. The van der Waals surface area contributed by atoms with Crippen LogP contribution in [-0.2, 0) is 4.74 Å². The molecule has 0 aromatic heterocycles. The summed E-state index contributed by atoms with van der Waals surface area (Å²) in [6.45, 7) is 9.23. The summed E-state index contributed by atoms with van der Waals surface area (Å²) in [5, 5.41) is 2.85. The lowest BCUT2D eigenvalue weighted by atomic mass is 10.0. The molecule has 0 radical (unpaired) electrons. The smallest absolute Gasteiger partial charge is 0.408 e. The average Bonchev–Trinajstić information content (AvgIpc) is 2.36. The largest absolute Gasteiger partial charge is 0.496 e. The molecule has 1 aromatic carbocycles. The Labute approximate surface area is 120 Å². The van der Waals surface area contributed by atoms with Gasteiger partial charge < -0.3 is 14.8 Å². The highest BCUT2D eigenvalue weighted by molar-refractivity contribution is 5.68. The molecule has 1 rings (SSSR count). The Kier molecular flexibility index (Phi) is 5.62. The number of carbonyl (C=O) groups is 1. The van der Waals surface area contributed by atoms with E-state index in [9.17, 15) is 4.79 Å². The summed E-state index contributed by atoms with van der Waals surface area (Å²) in [7, 11) is 1.61. The van der Waals surface area contributed by atoms with Crippen LogP contribution in [0.4, 0.5) is 4.79 Å². The number of alkyl carbamates (subject to hydrolysis) is 1. The van der Waals surface area contributed by atoms with Gasteiger partial charge in [0.15, 0.2) is 0 Å². The molecule has 0 saturated carbocycles. The highest BCUT2D eigenvalue weighted by atomic mass is 16.6. The van der Waals surface area contributed by atoms with E-state index in [1.807, 2.05) is 45.0 Å². The van der Waals surface area contributed by atoms with Gasteiger partial charge >= 0.3 is 6.09 Å². The van der Waals surface area contributed by atoms with Crippen LogP contribution in [0.2, 0.25) is 0 Å². The minimum Gasteiger partial charge on any atom is -0.496 e. The Morgan fingerprint density at radius 3 is 2.60 bits per heavy atom. The van der Waals surface area contributed by atoms with Crippen molar-refractivity contribution in [3.05, 3.63) is 42.5 Å². The van der Waals surface area contributed by atoms with Gasteiger partial charge in [0.1, 0.15) is 11.4 Å². The van der Waals surface area contributed by atoms with Gasteiger partial charge in [0.25, 0.3) is 0 Å². The summed E-state index contributed by atoms with van der Waals surface area (Å²) in [6.07, 6.45) is 1.91. The SMILES string of the molecule is C=CCC(NC(=O)OC(C)(C)C)c1ccccc1OC. The molecule has 0 spiro atoms. The van der Waals surface area contributed by atoms with E-state index in [1.54, 1.807) is 13.2 Å². The van der Waals surface area contributed by atoms with Crippen molar-refractivity contribution in [1.82, 2.24) is 5.32 Å². The molecule has 20 heavy (non-hydrogen) atoms. The number of para-hydroxylation sites is 1. The molecule has 1 aromatic rings. The van der Waals surface area contributed by atoms with Crippen LogP contribution in [0.1, 0.15) is 38.8 Å². The number of amides is 1. The highest BCUT2D eigenvalue weighted by Crippen LogP contribution is 2.27. The fraction of sp³-hybridized carbons (Fsp3) is 0.438. The zero-order chi connectivity index (χ0) is 15.2. The predicted molar refractivity (Wildman–Crippen MR) is 79.9 cm³/mol. The van der Waals surface area contributed by atoms with E-state index in [2.05, 4.69) is 11.9 Å². The quantitative estimate of drug-likeness (QED) is 0.832. The molecule has 0 bridgehead atoms. The lowest BCUT2D eigenvalue weighted by Gasteiger charge is -2.24. The average molecular weight is 277 g/mol. The van der Waals surface area contributed by atoms with Crippen molar-refractivity contribution in [2.75, 3.05) is 7.11 Å². The summed E-state index contributed by atoms with van der Waals surface area (Å²) in [5.74, 6) is 0.732. The molecular formula is C16H23NO3. The summed E-state index contributed by atoms with van der Waals surface area (Å²) in [6, 6.07) is 7.36. The van der Waals surface area contributed by atoms with E-state index in [1.165, 1.54) is 0 Å². The molecule has 1 atom stereocenters. The van der Waals surface area contributed by atoms with Gasteiger partial charge in [0.05, 0.1) is 13.2 Å². The molecule has 4 heteroatoms. The van der Waals surface area contributed by atoms with E-state index in [0.717, 1.165) is 11.3 Å². The maximum absolute atomic E-state index is 11.9. The van der Waals surface area contributed by atoms with Crippen LogP contribution in [0.3, 0.4) is 0 Å². The van der Waals surface area contributed by atoms with E-state index in [0.29, 0.717) is 6.42 Å². The molecule has 1 N–H and O–H groups in total. The van der Waals surface area contributed by atoms with Gasteiger partial charge in [-0.1, -0.05) is 24.3 Å². The van der Waals surface area contributed by atoms with Gasteiger partial charge in [-0.2, -0.15) is 0 Å². The van der Waals surface area contributed by atoms with Crippen LogP contribution in [0.25, 0.3) is 0 Å². The lowest BCUT2D eigenvalue weighted by molar-refractivity contribution is 0.0503. The number of hydrogen-bond donors (Lipinski definition) is 1. The normalized spacial score (nSPS) is 12.4. The number of ether oxygens (including phenoxy) is 2. The Hall–Kier alpha value is -1.97. The van der Waals surface area contributed by atoms with Crippen LogP contribution in [-0.4, -0.2) is 18.8 Å². The molecule has 1 unspecified atom stereocenters. The molecule has 1 amide bonds. The first kappa shape index (κ1) is 16.1. The molecule has 0 aliphatic heterocycles. The minimum atomic E-state index is -0.524. The zero-order valence-electron chi connectivity index (χ0n) is 12.6. The number of methoxy groups -OCH3 is 1. The highest BCUT2D eigenvalue weighted by Gasteiger charge is 2.21. The number of nitrogens with one attached hydrogen (secondary N) is 1. The van der Waals surface area contributed by atoms with Crippen molar-refractivity contribution in [2.45, 2.75) is 38.8 Å². The van der Waals surface area contributed by atoms with Crippen LogP contribution in [0, 0.1) is 0 Å². The van der Waals surface area contributed by atoms with Gasteiger partial charge in [-0.05, 0) is 33.3 Å². The Bertz CT molecular complexity index is 463. The maximum Gasteiger partial charge on any atom is 0.408 e. The lowest BCUT2D eigenvalue weighted by Crippen LogP contribution is -2.35. The zero-order valence-corrected chi connectivity index (χ0v) is 12.6. The molecule has 0 aliphatic carbocycles. The third-order valence-electron chi connectivity index (χ3n) is 2.61. The summed E-state index contributed by atoms with van der Waals surface area (Å²) in [4.78, 5) is 11.9. The second-order valence-electron chi connectivity index (χ2n) is 5.47. The van der Waals surface area contributed by atoms with Crippen LogP contribution in [0.5, 0.6) is 5.75 Å². The van der Waals surface area contributed by atoms with Crippen molar-refractivity contribution >= 4 is 6.09 Å². The van der Waals surface area contributed by atoms with E-state index in [4.69, 9.17) is 9.47 Å². The number of rotatable bonds is 5. The number of hydrogen-bond acceptors (Lipinski definition) is 3. The van der Waals surface area contributed by atoms with Gasteiger partial charge in [-0.3, -0.25) is 0 Å². The van der Waals surface area contributed by atoms with E-state index >= 15 is 0 Å². The molecule has 0 fully saturated rings. The summed E-state index contributed by atoms with van der Waals surface area (Å²) in [5.41, 5.74) is 0.379. The topological polar surface area (TPSA) is 47.6 Å². The molecule has 110 valence electrons. The van der Waals surface area contributed by atoms with Crippen molar-refractivity contribution in [1.29, 1.82) is 0 Å².